The lowest BCUT2D eigenvalue weighted by Gasteiger charge is -2.17. The molecule has 0 heterocycles. The van der Waals surface area contributed by atoms with E-state index in [-0.39, 0.29) is 18.4 Å². The number of aliphatic hydroxyl groups excluding tert-OH is 2. The molecule has 2 aliphatic carbocycles. The highest BCUT2D eigenvalue weighted by Gasteiger charge is 2.44. The van der Waals surface area contributed by atoms with Crippen LogP contribution in [0.1, 0.15) is 110 Å². The van der Waals surface area contributed by atoms with Crippen LogP contribution < -0.4 is 0 Å². The summed E-state index contributed by atoms with van der Waals surface area (Å²) in [4.78, 5) is 10.6. The number of hydrogen-bond acceptors (Lipinski definition) is 3. The van der Waals surface area contributed by atoms with Crippen LogP contribution in [0.5, 0.6) is 0 Å². The zero-order valence-electron chi connectivity index (χ0n) is 19.7. The number of allylic oxidation sites excluding steroid dienone is 2. The number of aliphatic carboxylic acids is 1. The summed E-state index contributed by atoms with van der Waals surface area (Å²) in [6.07, 6.45) is 22.6. The molecular weight excluding hydrogens is 388 g/mol. The molecule has 2 rings (SSSR count). The molecule has 0 radical (unpaired) electrons. The second-order valence-corrected chi connectivity index (χ2v) is 9.93. The Kier molecular flexibility index (Phi) is 12.5. The van der Waals surface area contributed by atoms with E-state index >= 15 is 0 Å². The van der Waals surface area contributed by atoms with E-state index in [2.05, 4.69) is 19.1 Å². The third kappa shape index (κ3) is 9.91. The predicted molar refractivity (Wildman–Crippen MR) is 127 cm³/mol. The molecule has 178 valence electrons. The summed E-state index contributed by atoms with van der Waals surface area (Å²) in [6, 6.07) is 0. The number of carbonyl (C=O) groups is 1. The highest BCUT2D eigenvalue weighted by molar-refractivity contribution is 5.66. The lowest BCUT2D eigenvalue weighted by molar-refractivity contribution is -0.137. The Balaban J connectivity index is 1.63. The summed E-state index contributed by atoms with van der Waals surface area (Å²) in [5.74, 6) is 0.422. The molecule has 4 heteroatoms. The van der Waals surface area contributed by atoms with Gasteiger partial charge in [-0.3, -0.25) is 4.79 Å². The van der Waals surface area contributed by atoms with Crippen LogP contribution in [0.15, 0.2) is 23.8 Å². The predicted octanol–water partition coefficient (Wildman–Crippen LogP) is 6.41. The van der Waals surface area contributed by atoms with Crippen LogP contribution in [-0.2, 0) is 4.79 Å². The van der Waals surface area contributed by atoms with Gasteiger partial charge in [0.05, 0.1) is 12.2 Å². The minimum atomic E-state index is -0.726. The molecule has 2 fully saturated rings. The zero-order valence-corrected chi connectivity index (χ0v) is 19.7. The molecule has 2 saturated carbocycles. The summed E-state index contributed by atoms with van der Waals surface area (Å²) in [7, 11) is 0. The van der Waals surface area contributed by atoms with Crippen LogP contribution in [0.3, 0.4) is 0 Å². The molecule has 0 amide bonds. The second kappa shape index (κ2) is 14.8. The first-order valence-corrected chi connectivity index (χ1v) is 13.0. The Bertz CT molecular complexity index is 568. The maximum Gasteiger partial charge on any atom is 0.303 e. The Hall–Kier alpha value is -1.13. The zero-order chi connectivity index (χ0) is 22.5. The molecule has 0 aromatic carbocycles. The van der Waals surface area contributed by atoms with Gasteiger partial charge in [-0.1, -0.05) is 88.5 Å². The third-order valence-electron chi connectivity index (χ3n) is 7.30. The molecule has 5 atom stereocenters. The average Bonchev–Trinajstić information content (AvgIpc) is 3.24. The maximum atomic E-state index is 10.6. The maximum absolute atomic E-state index is 10.6. The van der Waals surface area contributed by atoms with E-state index in [9.17, 15) is 15.0 Å². The van der Waals surface area contributed by atoms with E-state index in [0.29, 0.717) is 18.3 Å². The fourth-order valence-electron chi connectivity index (χ4n) is 5.52. The lowest BCUT2D eigenvalue weighted by atomic mass is 9.90. The first kappa shape index (κ1) is 26.1. The fourth-order valence-corrected chi connectivity index (χ4v) is 5.52. The van der Waals surface area contributed by atoms with Crippen molar-refractivity contribution >= 4 is 5.97 Å². The molecule has 31 heavy (non-hydrogen) atoms. The van der Waals surface area contributed by atoms with Gasteiger partial charge >= 0.3 is 5.97 Å². The van der Waals surface area contributed by atoms with Gasteiger partial charge in [-0.05, 0) is 50.4 Å². The fraction of sp³-hybridized carbons (Fsp3) is 0.815. The van der Waals surface area contributed by atoms with Gasteiger partial charge in [0.25, 0.3) is 0 Å². The molecule has 0 aromatic heterocycles. The first-order chi connectivity index (χ1) is 15.0. The van der Waals surface area contributed by atoms with Crippen molar-refractivity contribution in [1.29, 1.82) is 0 Å². The van der Waals surface area contributed by atoms with Crippen molar-refractivity contribution in [2.75, 3.05) is 0 Å². The molecule has 0 aliphatic heterocycles. The van der Waals surface area contributed by atoms with Gasteiger partial charge in [0.15, 0.2) is 0 Å². The normalized spacial score (nSPS) is 27.9. The standard InChI is InChI=1S/C27H46O4/c1-2-3-4-5-6-7-8-9-10-14-23(28)16-17-24-25-19-21(13-11-12-15-27(30)31)18-22(25)20-26(24)29/h13,16-17,22-26,28-29H,2-12,14-15,18-20H2,1H3,(H,30,31)/t22-,23-,24-,25+,26-/m1/s1. The minimum Gasteiger partial charge on any atom is -0.481 e. The smallest absolute Gasteiger partial charge is 0.303 e. The van der Waals surface area contributed by atoms with Gasteiger partial charge in [-0.25, -0.2) is 0 Å². The molecular formula is C27H46O4. The van der Waals surface area contributed by atoms with E-state index < -0.39 is 12.1 Å². The molecule has 0 saturated heterocycles. The van der Waals surface area contributed by atoms with Gasteiger partial charge in [-0.15, -0.1) is 0 Å². The van der Waals surface area contributed by atoms with E-state index in [0.717, 1.165) is 38.5 Å². The largest absolute Gasteiger partial charge is 0.481 e. The number of aliphatic hydroxyl groups is 2. The highest BCUT2D eigenvalue weighted by Crippen LogP contribution is 2.50. The Morgan fingerprint density at radius 1 is 1.03 bits per heavy atom. The van der Waals surface area contributed by atoms with E-state index in [1.54, 1.807) is 0 Å². The van der Waals surface area contributed by atoms with Crippen molar-refractivity contribution in [2.24, 2.45) is 17.8 Å². The van der Waals surface area contributed by atoms with E-state index in [1.165, 1.54) is 56.9 Å². The van der Waals surface area contributed by atoms with Crippen molar-refractivity contribution in [2.45, 2.75) is 122 Å². The van der Waals surface area contributed by atoms with Crippen LogP contribution in [0.4, 0.5) is 0 Å². The summed E-state index contributed by atoms with van der Waals surface area (Å²) < 4.78 is 0. The van der Waals surface area contributed by atoms with E-state index in [4.69, 9.17) is 5.11 Å². The van der Waals surface area contributed by atoms with Crippen LogP contribution >= 0.6 is 0 Å². The van der Waals surface area contributed by atoms with Crippen molar-refractivity contribution in [3.8, 4) is 0 Å². The van der Waals surface area contributed by atoms with Crippen molar-refractivity contribution in [3.05, 3.63) is 23.8 Å². The number of carboxylic acid groups (broad SMARTS) is 1. The number of carboxylic acids is 1. The number of hydrogen-bond donors (Lipinski definition) is 3. The van der Waals surface area contributed by atoms with Crippen LogP contribution in [0, 0.1) is 17.8 Å². The Morgan fingerprint density at radius 3 is 2.39 bits per heavy atom. The molecule has 0 unspecified atom stereocenters. The van der Waals surface area contributed by atoms with Gasteiger partial charge in [0.2, 0.25) is 0 Å². The monoisotopic (exact) mass is 434 g/mol. The third-order valence-corrected chi connectivity index (χ3v) is 7.30. The molecule has 0 bridgehead atoms. The summed E-state index contributed by atoms with van der Waals surface area (Å²) in [5, 5.41) is 29.6. The highest BCUT2D eigenvalue weighted by atomic mass is 16.4. The summed E-state index contributed by atoms with van der Waals surface area (Å²) >= 11 is 0. The topological polar surface area (TPSA) is 77.8 Å². The molecule has 4 nitrogen and oxygen atoms in total. The van der Waals surface area contributed by atoms with E-state index in [1.807, 2.05) is 6.08 Å². The van der Waals surface area contributed by atoms with Gasteiger partial charge in [0, 0.05) is 12.3 Å². The summed E-state index contributed by atoms with van der Waals surface area (Å²) in [5.41, 5.74) is 1.43. The number of unbranched alkanes of at least 4 members (excludes halogenated alkanes) is 9. The van der Waals surface area contributed by atoms with Crippen molar-refractivity contribution in [3.63, 3.8) is 0 Å². The van der Waals surface area contributed by atoms with Crippen molar-refractivity contribution in [1.82, 2.24) is 0 Å². The molecule has 2 aliphatic rings. The molecule has 0 aromatic rings. The molecule has 0 spiro atoms. The van der Waals surface area contributed by atoms with Crippen molar-refractivity contribution < 1.29 is 20.1 Å². The van der Waals surface area contributed by atoms with Gasteiger partial charge < -0.3 is 15.3 Å². The molecule has 3 N–H and O–H groups in total. The Morgan fingerprint density at radius 2 is 1.71 bits per heavy atom. The summed E-state index contributed by atoms with van der Waals surface area (Å²) in [6.45, 7) is 2.25. The number of fused-ring (bicyclic) bond motifs is 1. The lowest BCUT2D eigenvalue weighted by Crippen LogP contribution is -2.17. The SMILES string of the molecule is CCCCCCCCCCC[C@@H](O)C=C[C@@H]1[C@H]2CC(=CCCCC(=O)O)C[C@@H]2C[C@H]1O. The second-order valence-electron chi connectivity index (χ2n) is 9.93. The minimum absolute atomic E-state index is 0.146. The Labute approximate surface area is 189 Å². The van der Waals surface area contributed by atoms with Crippen LogP contribution in [0.25, 0.3) is 0 Å². The van der Waals surface area contributed by atoms with Gasteiger partial charge in [0.1, 0.15) is 0 Å². The van der Waals surface area contributed by atoms with Gasteiger partial charge in [-0.2, -0.15) is 0 Å². The first-order valence-electron chi connectivity index (χ1n) is 13.0. The average molecular weight is 435 g/mol. The quantitative estimate of drug-likeness (QED) is 0.194. The van der Waals surface area contributed by atoms with Crippen LogP contribution in [-0.4, -0.2) is 33.5 Å². The van der Waals surface area contributed by atoms with Crippen LogP contribution in [0.2, 0.25) is 0 Å². The number of rotatable bonds is 16.